The van der Waals surface area contributed by atoms with E-state index < -0.39 is 9.84 Å². The topological polar surface area (TPSA) is 87.5 Å². The second kappa shape index (κ2) is 7.09. The average molecular weight is 396 g/mol. The molecule has 2 saturated heterocycles. The highest BCUT2D eigenvalue weighted by molar-refractivity contribution is 7.91. The first-order chi connectivity index (χ1) is 12.8. The largest absolute Gasteiger partial charge is 0.366 e. The highest BCUT2D eigenvalue weighted by Gasteiger charge is 2.33. The fraction of sp³-hybridized carbons (Fsp3) is 0.778. The third-order valence-electron chi connectivity index (χ3n) is 5.84. The SMILES string of the molecule is Cc1nn(C2CCS(=O)(=O)C2)c(C)c1N1CCN(CC(=O)NC2CC2)CC1. The van der Waals surface area contributed by atoms with Crippen LogP contribution >= 0.6 is 0 Å². The lowest BCUT2D eigenvalue weighted by molar-refractivity contribution is -0.122. The van der Waals surface area contributed by atoms with E-state index in [4.69, 9.17) is 0 Å². The molecule has 3 aliphatic rings. The van der Waals surface area contributed by atoms with Crippen molar-refractivity contribution in [1.29, 1.82) is 0 Å². The molecule has 3 heterocycles. The minimum absolute atomic E-state index is 0.0464. The summed E-state index contributed by atoms with van der Waals surface area (Å²) in [5, 5.41) is 7.72. The summed E-state index contributed by atoms with van der Waals surface area (Å²) in [5.41, 5.74) is 3.13. The van der Waals surface area contributed by atoms with E-state index in [9.17, 15) is 13.2 Å². The average Bonchev–Trinajstić information content (AvgIpc) is 3.27. The molecule has 1 amide bonds. The summed E-state index contributed by atoms with van der Waals surface area (Å²) in [6, 6.07) is 0.365. The molecule has 8 nitrogen and oxygen atoms in total. The molecule has 1 aromatic heterocycles. The molecule has 1 atom stereocenters. The van der Waals surface area contributed by atoms with Crippen molar-refractivity contribution < 1.29 is 13.2 Å². The Kier molecular flexibility index (Phi) is 4.92. The normalized spacial score (nSPS) is 25.7. The van der Waals surface area contributed by atoms with Gasteiger partial charge in [-0.05, 0) is 33.1 Å². The van der Waals surface area contributed by atoms with Crippen LogP contribution in [-0.2, 0) is 14.6 Å². The number of carbonyl (C=O) groups is 1. The molecule has 1 aliphatic carbocycles. The van der Waals surface area contributed by atoms with Gasteiger partial charge in [-0.3, -0.25) is 14.4 Å². The van der Waals surface area contributed by atoms with Crippen LogP contribution in [0.3, 0.4) is 0 Å². The van der Waals surface area contributed by atoms with Crippen molar-refractivity contribution >= 4 is 21.4 Å². The molecule has 3 fully saturated rings. The summed E-state index contributed by atoms with van der Waals surface area (Å²) in [6.45, 7) is 7.91. The van der Waals surface area contributed by atoms with Gasteiger partial charge in [-0.25, -0.2) is 8.42 Å². The summed E-state index contributed by atoms with van der Waals surface area (Å²) >= 11 is 0. The Bertz CT molecular complexity index is 822. The molecule has 1 N–H and O–H groups in total. The maximum Gasteiger partial charge on any atom is 0.234 e. The van der Waals surface area contributed by atoms with Crippen LogP contribution in [0.2, 0.25) is 0 Å². The van der Waals surface area contributed by atoms with Crippen LogP contribution < -0.4 is 10.2 Å². The lowest BCUT2D eigenvalue weighted by atomic mass is 10.2. The number of rotatable bonds is 5. The van der Waals surface area contributed by atoms with E-state index in [2.05, 4.69) is 20.2 Å². The number of hydrogen-bond donors (Lipinski definition) is 1. The summed E-state index contributed by atoms with van der Waals surface area (Å²) < 4.78 is 25.6. The molecule has 0 bridgehead atoms. The standard InChI is InChI=1S/C18H29N5O3S/c1-13-18(14(2)23(20-13)16-5-10-27(25,26)12-16)22-8-6-21(7-9-22)11-17(24)19-15-3-4-15/h15-16H,3-12H2,1-2H3,(H,19,24). The van der Waals surface area contributed by atoms with E-state index >= 15 is 0 Å². The molecular weight excluding hydrogens is 366 g/mol. The van der Waals surface area contributed by atoms with Gasteiger partial charge in [0.2, 0.25) is 5.91 Å². The number of piperazine rings is 1. The van der Waals surface area contributed by atoms with Gasteiger partial charge in [-0.2, -0.15) is 5.10 Å². The zero-order valence-corrected chi connectivity index (χ0v) is 17.0. The third kappa shape index (κ3) is 4.13. The zero-order valence-electron chi connectivity index (χ0n) is 16.1. The predicted molar refractivity (Wildman–Crippen MR) is 104 cm³/mol. The highest BCUT2D eigenvalue weighted by Crippen LogP contribution is 2.31. The van der Waals surface area contributed by atoms with E-state index in [1.54, 1.807) is 0 Å². The molecule has 0 radical (unpaired) electrons. The Morgan fingerprint density at radius 2 is 1.85 bits per heavy atom. The molecule has 2 aliphatic heterocycles. The predicted octanol–water partition coefficient (Wildman–Crippen LogP) is 0.260. The Labute approximate surface area is 160 Å². The Hall–Kier alpha value is -1.61. The van der Waals surface area contributed by atoms with Gasteiger partial charge in [0.05, 0.1) is 41.2 Å². The van der Waals surface area contributed by atoms with Crippen LogP contribution in [0.4, 0.5) is 5.69 Å². The fourth-order valence-corrected chi connectivity index (χ4v) is 5.96. The van der Waals surface area contributed by atoms with Gasteiger partial charge in [-0.1, -0.05) is 0 Å². The molecule has 1 aromatic rings. The quantitative estimate of drug-likeness (QED) is 0.770. The van der Waals surface area contributed by atoms with Crippen LogP contribution in [0, 0.1) is 13.8 Å². The first kappa shape index (κ1) is 18.7. The minimum Gasteiger partial charge on any atom is -0.366 e. The monoisotopic (exact) mass is 395 g/mol. The molecule has 9 heteroatoms. The number of hydrogen-bond acceptors (Lipinski definition) is 6. The number of aryl methyl sites for hydroxylation is 1. The number of sulfone groups is 1. The van der Waals surface area contributed by atoms with Crippen LogP contribution in [0.5, 0.6) is 0 Å². The highest BCUT2D eigenvalue weighted by atomic mass is 32.2. The lowest BCUT2D eigenvalue weighted by Gasteiger charge is -2.36. The van der Waals surface area contributed by atoms with Crippen molar-refractivity contribution in [2.24, 2.45) is 0 Å². The second-order valence-electron chi connectivity index (χ2n) is 8.13. The number of aromatic nitrogens is 2. The van der Waals surface area contributed by atoms with Gasteiger partial charge in [0, 0.05) is 32.2 Å². The summed E-state index contributed by atoms with van der Waals surface area (Å²) in [6.07, 6.45) is 2.88. The van der Waals surface area contributed by atoms with Gasteiger partial charge in [0.1, 0.15) is 0 Å². The van der Waals surface area contributed by atoms with E-state index in [0.717, 1.165) is 56.1 Å². The smallest absolute Gasteiger partial charge is 0.234 e. The van der Waals surface area contributed by atoms with E-state index in [-0.39, 0.29) is 23.5 Å². The van der Waals surface area contributed by atoms with Crippen LogP contribution in [0.15, 0.2) is 0 Å². The van der Waals surface area contributed by atoms with Crippen molar-refractivity contribution in [3.05, 3.63) is 11.4 Å². The molecule has 4 rings (SSSR count). The molecule has 0 aromatic carbocycles. The molecular formula is C18H29N5O3S. The Morgan fingerprint density at radius 1 is 1.15 bits per heavy atom. The first-order valence-corrected chi connectivity index (χ1v) is 11.7. The summed E-state index contributed by atoms with van der Waals surface area (Å²) in [7, 11) is -2.93. The van der Waals surface area contributed by atoms with Crippen molar-refractivity contribution in [3.8, 4) is 0 Å². The Morgan fingerprint density at radius 3 is 2.44 bits per heavy atom. The molecule has 1 saturated carbocycles. The van der Waals surface area contributed by atoms with Crippen LogP contribution in [0.1, 0.15) is 36.7 Å². The summed E-state index contributed by atoms with van der Waals surface area (Å²) in [5.74, 6) is 0.583. The van der Waals surface area contributed by atoms with Gasteiger partial charge in [0.15, 0.2) is 9.84 Å². The molecule has 0 spiro atoms. The maximum absolute atomic E-state index is 12.0. The van der Waals surface area contributed by atoms with E-state index in [1.165, 1.54) is 0 Å². The van der Waals surface area contributed by atoms with E-state index in [0.29, 0.717) is 19.0 Å². The number of amides is 1. The minimum atomic E-state index is -2.93. The van der Waals surface area contributed by atoms with Crippen molar-refractivity contribution in [2.75, 3.05) is 49.1 Å². The van der Waals surface area contributed by atoms with Crippen LogP contribution in [0.25, 0.3) is 0 Å². The molecule has 150 valence electrons. The number of nitrogens with zero attached hydrogens (tertiary/aromatic N) is 4. The number of carbonyl (C=O) groups excluding carboxylic acids is 1. The first-order valence-electron chi connectivity index (χ1n) is 9.85. The van der Waals surface area contributed by atoms with Gasteiger partial charge in [0.25, 0.3) is 0 Å². The number of anilines is 1. The maximum atomic E-state index is 12.0. The molecule has 1 unspecified atom stereocenters. The lowest BCUT2D eigenvalue weighted by Crippen LogP contribution is -2.50. The van der Waals surface area contributed by atoms with Gasteiger partial charge < -0.3 is 10.2 Å². The second-order valence-corrected chi connectivity index (χ2v) is 10.4. The summed E-state index contributed by atoms with van der Waals surface area (Å²) in [4.78, 5) is 16.5. The van der Waals surface area contributed by atoms with Gasteiger partial charge >= 0.3 is 0 Å². The number of nitrogens with one attached hydrogen (secondary N) is 1. The van der Waals surface area contributed by atoms with Crippen molar-refractivity contribution in [1.82, 2.24) is 20.0 Å². The zero-order chi connectivity index (χ0) is 19.2. The fourth-order valence-electron chi connectivity index (χ4n) is 4.27. The molecule has 27 heavy (non-hydrogen) atoms. The third-order valence-corrected chi connectivity index (χ3v) is 7.59. The van der Waals surface area contributed by atoms with Crippen molar-refractivity contribution in [2.45, 2.75) is 45.2 Å². The van der Waals surface area contributed by atoms with E-state index in [1.807, 2.05) is 18.5 Å². The Balaban J connectivity index is 1.39. The van der Waals surface area contributed by atoms with Crippen LogP contribution in [-0.4, -0.2) is 79.3 Å². The van der Waals surface area contributed by atoms with Crippen molar-refractivity contribution in [3.63, 3.8) is 0 Å². The van der Waals surface area contributed by atoms with Gasteiger partial charge in [-0.15, -0.1) is 0 Å².